The van der Waals surface area contributed by atoms with Crippen molar-refractivity contribution in [2.75, 3.05) is 5.32 Å². The van der Waals surface area contributed by atoms with Crippen molar-refractivity contribution in [3.8, 4) is 11.1 Å². The first kappa shape index (κ1) is 37.7. The van der Waals surface area contributed by atoms with Gasteiger partial charge in [-0.2, -0.15) is 5.10 Å². The van der Waals surface area contributed by atoms with E-state index in [1.807, 2.05) is 115 Å². The third kappa shape index (κ3) is 10.3. The highest BCUT2D eigenvalue weighted by molar-refractivity contribution is 6.05. The van der Waals surface area contributed by atoms with Gasteiger partial charge in [0.25, 0.3) is 11.8 Å². The minimum Gasteiger partial charge on any atom is -0.371 e. The molecule has 1 heterocycles. The largest absolute Gasteiger partial charge is 0.371 e. The van der Waals surface area contributed by atoms with E-state index in [2.05, 4.69) is 21.0 Å². The van der Waals surface area contributed by atoms with Gasteiger partial charge in [0.15, 0.2) is 5.69 Å². The summed E-state index contributed by atoms with van der Waals surface area (Å²) in [5.74, 6) is -1.19. The molecule has 284 valence electrons. The summed E-state index contributed by atoms with van der Waals surface area (Å²) in [6.45, 7) is 0.679. The Kier molecular flexibility index (Phi) is 12.8. The van der Waals surface area contributed by atoms with Crippen LogP contribution in [0.15, 0.2) is 121 Å². The van der Waals surface area contributed by atoms with Crippen molar-refractivity contribution >= 4 is 23.4 Å². The average molecular weight is 740 g/mol. The average Bonchev–Trinajstić information content (AvgIpc) is 3.65. The Balaban J connectivity index is 1.06. The first-order valence-corrected chi connectivity index (χ1v) is 19.4. The molecule has 0 aliphatic heterocycles. The number of amides is 3. The van der Waals surface area contributed by atoms with Crippen LogP contribution in [0.3, 0.4) is 0 Å². The van der Waals surface area contributed by atoms with Crippen LogP contribution in [-0.2, 0) is 34.0 Å². The Morgan fingerprint density at radius 2 is 1.11 bits per heavy atom. The summed E-state index contributed by atoms with van der Waals surface area (Å²) in [5.41, 5.74) is 4.99. The SMILES string of the molecule is O=C(Cn1nc(C(=O)Nc2ccc(-c3ccccc3)cc2)cc1C(=O)N[C@H]1CCCC[C@@H]1OCc1ccccc1)NC1CCCC[C@@H]1OCc1ccccc1. The molecule has 1 aromatic heterocycles. The van der Waals surface area contributed by atoms with Gasteiger partial charge in [-0.1, -0.05) is 129 Å². The Morgan fingerprint density at radius 3 is 1.69 bits per heavy atom. The lowest BCUT2D eigenvalue weighted by atomic mass is 9.92. The highest BCUT2D eigenvalue weighted by Gasteiger charge is 2.31. The molecule has 10 nitrogen and oxygen atoms in total. The van der Waals surface area contributed by atoms with Gasteiger partial charge in [-0.25, -0.2) is 4.68 Å². The van der Waals surface area contributed by atoms with E-state index >= 15 is 0 Å². The molecule has 0 spiro atoms. The van der Waals surface area contributed by atoms with Crippen molar-refractivity contribution in [1.82, 2.24) is 20.4 Å². The van der Waals surface area contributed by atoms with Crippen LogP contribution < -0.4 is 16.0 Å². The second-order valence-electron chi connectivity index (χ2n) is 14.5. The van der Waals surface area contributed by atoms with Gasteiger partial charge in [0.2, 0.25) is 5.91 Å². The standard InChI is InChI=1S/C45H49N5O5/c51-43(47-37-20-10-12-22-41(37)54-30-32-14-4-1-5-15-32)29-50-40(45(53)48-38-21-11-13-23-42(38)55-31-33-16-6-2-7-17-33)28-39(49-50)44(52)46-36-26-24-35(25-27-36)34-18-8-3-9-19-34/h1-9,14-19,24-28,37-38,41-42H,10-13,20-23,29-31H2,(H,46,52)(H,47,51)(H,48,53)/t37?,38-,41-,42-/m0/s1. The van der Waals surface area contributed by atoms with E-state index in [0.717, 1.165) is 73.6 Å². The minimum atomic E-state index is -0.482. The molecule has 4 aromatic carbocycles. The smallest absolute Gasteiger partial charge is 0.276 e. The van der Waals surface area contributed by atoms with Crippen LogP contribution in [0.1, 0.15) is 83.5 Å². The summed E-state index contributed by atoms with van der Waals surface area (Å²) in [6, 6.07) is 38.6. The molecule has 10 heteroatoms. The number of carbonyl (C=O) groups excluding carboxylic acids is 3. The maximum absolute atomic E-state index is 14.1. The number of carbonyl (C=O) groups is 3. The summed E-state index contributed by atoms with van der Waals surface area (Å²) in [7, 11) is 0. The van der Waals surface area contributed by atoms with E-state index in [1.165, 1.54) is 10.7 Å². The second-order valence-corrected chi connectivity index (χ2v) is 14.5. The molecule has 0 bridgehead atoms. The van der Waals surface area contributed by atoms with Gasteiger partial charge in [-0.05, 0) is 60.1 Å². The van der Waals surface area contributed by atoms with Gasteiger partial charge in [0, 0.05) is 11.8 Å². The predicted molar refractivity (Wildman–Crippen MR) is 212 cm³/mol. The molecule has 3 amide bonds. The van der Waals surface area contributed by atoms with Gasteiger partial charge in [-0.15, -0.1) is 0 Å². The molecule has 3 N–H and O–H groups in total. The summed E-state index contributed by atoms with van der Waals surface area (Å²) in [6.07, 6.45) is 6.91. The number of hydrogen-bond acceptors (Lipinski definition) is 6. The van der Waals surface area contributed by atoms with Crippen molar-refractivity contribution in [2.45, 2.75) is 95.4 Å². The number of nitrogens with zero attached hydrogens (tertiary/aromatic N) is 2. The van der Waals surface area contributed by atoms with Crippen LogP contribution in [0, 0.1) is 0 Å². The molecule has 4 atom stereocenters. The number of anilines is 1. The summed E-state index contributed by atoms with van der Waals surface area (Å²) >= 11 is 0. The molecular weight excluding hydrogens is 691 g/mol. The van der Waals surface area contributed by atoms with Crippen LogP contribution in [0.4, 0.5) is 5.69 Å². The van der Waals surface area contributed by atoms with E-state index in [-0.39, 0.29) is 48.1 Å². The van der Waals surface area contributed by atoms with Crippen molar-refractivity contribution in [3.05, 3.63) is 144 Å². The Bertz CT molecular complexity index is 2000. The third-order valence-electron chi connectivity index (χ3n) is 10.5. The number of nitrogens with one attached hydrogen (secondary N) is 3. The molecule has 2 aliphatic rings. The van der Waals surface area contributed by atoms with Crippen molar-refractivity contribution in [1.29, 1.82) is 0 Å². The van der Waals surface area contributed by atoms with E-state index in [4.69, 9.17) is 9.47 Å². The maximum atomic E-state index is 14.1. The lowest BCUT2D eigenvalue weighted by Gasteiger charge is -2.32. The number of benzene rings is 4. The molecule has 2 saturated carbocycles. The van der Waals surface area contributed by atoms with Crippen LogP contribution in [-0.4, -0.2) is 51.8 Å². The maximum Gasteiger partial charge on any atom is 0.276 e. The van der Waals surface area contributed by atoms with E-state index in [0.29, 0.717) is 18.9 Å². The Labute approximate surface area is 322 Å². The highest BCUT2D eigenvalue weighted by atomic mass is 16.5. The lowest BCUT2D eigenvalue weighted by molar-refractivity contribution is -0.124. The van der Waals surface area contributed by atoms with Crippen LogP contribution in [0.5, 0.6) is 0 Å². The fourth-order valence-electron chi connectivity index (χ4n) is 7.51. The van der Waals surface area contributed by atoms with E-state index in [9.17, 15) is 14.4 Å². The van der Waals surface area contributed by atoms with Crippen molar-refractivity contribution in [3.63, 3.8) is 0 Å². The summed E-state index contributed by atoms with van der Waals surface area (Å²) in [5, 5.41) is 13.8. The summed E-state index contributed by atoms with van der Waals surface area (Å²) in [4.78, 5) is 41.3. The van der Waals surface area contributed by atoms with Gasteiger partial charge in [0.1, 0.15) is 12.2 Å². The first-order chi connectivity index (χ1) is 27.0. The second kappa shape index (κ2) is 18.6. The van der Waals surface area contributed by atoms with Crippen LogP contribution in [0.2, 0.25) is 0 Å². The molecule has 2 fully saturated rings. The van der Waals surface area contributed by atoms with Gasteiger partial charge >= 0.3 is 0 Å². The number of rotatable bonds is 14. The first-order valence-electron chi connectivity index (χ1n) is 19.4. The van der Waals surface area contributed by atoms with Crippen molar-refractivity contribution < 1.29 is 23.9 Å². The molecule has 0 radical (unpaired) electrons. The van der Waals surface area contributed by atoms with Gasteiger partial charge in [0.05, 0.1) is 37.5 Å². The molecule has 2 aliphatic carbocycles. The van der Waals surface area contributed by atoms with Crippen molar-refractivity contribution in [2.24, 2.45) is 0 Å². The lowest BCUT2D eigenvalue weighted by Crippen LogP contribution is -2.48. The van der Waals surface area contributed by atoms with Crippen LogP contribution in [0.25, 0.3) is 11.1 Å². The zero-order valence-electron chi connectivity index (χ0n) is 31.1. The zero-order chi connectivity index (χ0) is 37.8. The fourth-order valence-corrected chi connectivity index (χ4v) is 7.51. The number of aromatic nitrogens is 2. The highest BCUT2D eigenvalue weighted by Crippen LogP contribution is 2.25. The third-order valence-corrected chi connectivity index (χ3v) is 10.5. The normalized spacial score (nSPS) is 19.6. The Morgan fingerprint density at radius 1 is 0.600 bits per heavy atom. The molecular formula is C45H49N5O5. The number of hydrogen-bond donors (Lipinski definition) is 3. The predicted octanol–water partition coefficient (Wildman–Crippen LogP) is 7.70. The summed E-state index contributed by atoms with van der Waals surface area (Å²) < 4.78 is 14.0. The molecule has 55 heavy (non-hydrogen) atoms. The molecule has 5 aromatic rings. The number of ether oxygens (including phenoxy) is 2. The molecule has 0 saturated heterocycles. The monoisotopic (exact) mass is 739 g/mol. The molecule has 1 unspecified atom stereocenters. The fraction of sp³-hybridized carbons (Fsp3) is 0.333. The van der Waals surface area contributed by atoms with Gasteiger partial charge in [-0.3, -0.25) is 14.4 Å². The van der Waals surface area contributed by atoms with E-state index < -0.39 is 11.8 Å². The quantitative estimate of drug-likeness (QED) is 0.107. The molecule has 7 rings (SSSR count). The van der Waals surface area contributed by atoms with Gasteiger partial charge < -0.3 is 25.4 Å². The minimum absolute atomic E-state index is 0.0346. The topological polar surface area (TPSA) is 124 Å². The van der Waals surface area contributed by atoms with Crippen LogP contribution >= 0.6 is 0 Å². The zero-order valence-corrected chi connectivity index (χ0v) is 31.1. The van der Waals surface area contributed by atoms with E-state index in [1.54, 1.807) is 0 Å². The Hall–Kier alpha value is -5.58.